The van der Waals surface area contributed by atoms with Crippen LogP contribution in [0.25, 0.3) is 17.0 Å². The number of para-hydroxylation sites is 1. The Bertz CT molecular complexity index is 869. The van der Waals surface area contributed by atoms with Gasteiger partial charge in [-0.3, -0.25) is 0 Å². The van der Waals surface area contributed by atoms with Crippen molar-refractivity contribution >= 4 is 17.0 Å². The Kier molecular flexibility index (Phi) is 3.95. The molecular formula is C16H9N5. The number of nitrogens with two attached hydrogens (primary N) is 1. The summed E-state index contributed by atoms with van der Waals surface area (Å²) in [7, 11) is 0. The third kappa shape index (κ3) is 2.87. The molecule has 1 aromatic heterocycles. The molecule has 0 radical (unpaired) electrons. The van der Waals surface area contributed by atoms with Gasteiger partial charge in [0.05, 0.1) is 22.5 Å². The normalized spacial score (nSPS) is 10.2. The van der Waals surface area contributed by atoms with Gasteiger partial charge in [-0.2, -0.15) is 15.8 Å². The fourth-order valence-electron chi connectivity index (χ4n) is 1.76. The summed E-state index contributed by atoms with van der Waals surface area (Å²) < 4.78 is 0. The van der Waals surface area contributed by atoms with Crippen molar-refractivity contribution in [3.8, 4) is 18.2 Å². The highest BCUT2D eigenvalue weighted by Gasteiger charge is 2.08. The Morgan fingerprint density at radius 3 is 2.38 bits per heavy atom. The van der Waals surface area contributed by atoms with Crippen molar-refractivity contribution in [3.63, 3.8) is 0 Å². The van der Waals surface area contributed by atoms with Crippen molar-refractivity contribution in [2.24, 2.45) is 5.73 Å². The van der Waals surface area contributed by atoms with Crippen LogP contribution in [-0.2, 0) is 0 Å². The highest BCUT2D eigenvalue weighted by Crippen LogP contribution is 2.16. The summed E-state index contributed by atoms with van der Waals surface area (Å²) in [6.45, 7) is 0. The Morgan fingerprint density at radius 2 is 1.71 bits per heavy atom. The van der Waals surface area contributed by atoms with E-state index in [1.54, 1.807) is 18.2 Å². The molecule has 0 saturated heterocycles. The van der Waals surface area contributed by atoms with Crippen molar-refractivity contribution in [2.75, 3.05) is 0 Å². The maximum atomic E-state index is 9.13. The summed E-state index contributed by atoms with van der Waals surface area (Å²) in [5.74, 6) is 0. The molecule has 0 spiro atoms. The zero-order valence-electron chi connectivity index (χ0n) is 10.9. The molecule has 5 heteroatoms. The van der Waals surface area contributed by atoms with Crippen molar-refractivity contribution in [3.05, 3.63) is 58.9 Å². The van der Waals surface area contributed by atoms with Crippen LogP contribution in [0.15, 0.2) is 53.2 Å². The van der Waals surface area contributed by atoms with Crippen molar-refractivity contribution < 1.29 is 0 Å². The Morgan fingerprint density at radius 1 is 1.00 bits per heavy atom. The van der Waals surface area contributed by atoms with E-state index in [2.05, 4.69) is 4.98 Å². The first-order chi connectivity index (χ1) is 10.2. The number of nitrogens with zero attached hydrogens (tertiary/aromatic N) is 4. The molecule has 1 aromatic carbocycles. The molecule has 2 N–H and O–H groups in total. The number of rotatable bonds is 2. The molecule has 0 bridgehead atoms. The minimum Gasteiger partial charge on any atom is -0.396 e. The minimum atomic E-state index is -0.288. The van der Waals surface area contributed by atoms with E-state index in [1.165, 1.54) is 6.08 Å². The molecule has 0 fully saturated rings. The molecular weight excluding hydrogens is 262 g/mol. The van der Waals surface area contributed by atoms with Gasteiger partial charge < -0.3 is 5.73 Å². The lowest BCUT2D eigenvalue weighted by atomic mass is 10.1. The van der Waals surface area contributed by atoms with E-state index in [0.717, 1.165) is 10.9 Å². The second-order valence-electron chi connectivity index (χ2n) is 4.11. The first-order valence-electron chi connectivity index (χ1n) is 5.97. The molecule has 0 amide bonds. The maximum Gasteiger partial charge on any atom is 0.153 e. The molecule has 0 saturated carbocycles. The highest BCUT2D eigenvalue weighted by molar-refractivity contribution is 5.80. The summed E-state index contributed by atoms with van der Waals surface area (Å²) in [6, 6.07) is 16.4. The Labute approximate surface area is 121 Å². The summed E-state index contributed by atoms with van der Waals surface area (Å²) in [5.41, 5.74) is 6.59. The van der Waals surface area contributed by atoms with E-state index >= 15 is 0 Å². The Hall–Kier alpha value is -3.62. The van der Waals surface area contributed by atoms with Gasteiger partial charge in [-0.15, -0.1) is 0 Å². The van der Waals surface area contributed by atoms with Gasteiger partial charge in [0.15, 0.2) is 5.57 Å². The molecule has 1 heterocycles. The number of benzene rings is 1. The number of allylic oxidation sites excluding steroid dienone is 2. The van der Waals surface area contributed by atoms with Gasteiger partial charge in [-0.05, 0) is 18.2 Å². The van der Waals surface area contributed by atoms with Crippen LogP contribution in [0.5, 0.6) is 0 Å². The molecule has 2 aromatic rings. The minimum absolute atomic E-state index is 0.0379. The number of pyridine rings is 1. The van der Waals surface area contributed by atoms with Gasteiger partial charge in [-0.25, -0.2) is 4.98 Å². The van der Waals surface area contributed by atoms with E-state index in [-0.39, 0.29) is 16.8 Å². The van der Waals surface area contributed by atoms with E-state index in [0.29, 0.717) is 5.69 Å². The maximum absolute atomic E-state index is 9.13. The first-order valence-corrected chi connectivity index (χ1v) is 5.97. The van der Waals surface area contributed by atoms with Crippen LogP contribution >= 0.6 is 0 Å². The molecule has 0 aliphatic rings. The topological polar surface area (TPSA) is 110 Å². The monoisotopic (exact) mass is 271 g/mol. The zero-order chi connectivity index (χ0) is 15.2. The molecule has 5 nitrogen and oxygen atoms in total. The number of nitriles is 3. The van der Waals surface area contributed by atoms with Crippen LogP contribution in [0.4, 0.5) is 0 Å². The standard InChI is InChI=1S/C16H9N5/c17-8-12(16(20)13(9-18)10-19)7-14-6-5-11-3-1-2-4-15(11)21-14/h1-7H,20H2/b12-7+. The average molecular weight is 271 g/mol. The van der Waals surface area contributed by atoms with Crippen molar-refractivity contribution in [1.82, 2.24) is 4.98 Å². The second kappa shape index (κ2) is 6.02. The van der Waals surface area contributed by atoms with Crippen LogP contribution in [0.1, 0.15) is 5.69 Å². The van der Waals surface area contributed by atoms with Crippen LogP contribution in [0, 0.1) is 34.0 Å². The van der Waals surface area contributed by atoms with Gasteiger partial charge in [-0.1, -0.05) is 24.3 Å². The van der Waals surface area contributed by atoms with E-state index in [9.17, 15) is 0 Å². The smallest absolute Gasteiger partial charge is 0.153 e. The lowest BCUT2D eigenvalue weighted by molar-refractivity contribution is 1.30. The summed E-state index contributed by atoms with van der Waals surface area (Å²) >= 11 is 0. The van der Waals surface area contributed by atoms with Crippen molar-refractivity contribution in [2.45, 2.75) is 0 Å². The van der Waals surface area contributed by atoms with Gasteiger partial charge >= 0.3 is 0 Å². The van der Waals surface area contributed by atoms with Gasteiger partial charge in [0.1, 0.15) is 18.2 Å². The molecule has 2 rings (SSSR count). The van der Waals surface area contributed by atoms with Gasteiger partial charge in [0, 0.05) is 5.39 Å². The van der Waals surface area contributed by atoms with E-state index in [4.69, 9.17) is 21.5 Å². The fourth-order valence-corrected chi connectivity index (χ4v) is 1.76. The number of aromatic nitrogens is 1. The van der Waals surface area contributed by atoms with E-state index < -0.39 is 0 Å². The largest absolute Gasteiger partial charge is 0.396 e. The average Bonchev–Trinajstić information content (AvgIpc) is 2.53. The SMILES string of the molecule is N#CC(C#N)=C(N)/C(C#N)=C/c1ccc2ccccc2n1. The lowest BCUT2D eigenvalue weighted by Gasteiger charge is -2.01. The van der Waals surface area contributed by atoms with E-state index in [1.807, 2.05) is 36.4 Å². The second-order valence-corrected chi connectivity index (χ2v) is 4.11. The molecule has 21 heavy (non-hydrogen) atoms. The number of fused-ring (bicyclic) bond motifs is 1. The summed E-state index contributed by atoms with van der Waals surface area (Å²) in [5, 5.41) is 27.7. The zero-order valence-corrected chi connectivity index (χ0v) is 10.9. The van der Waals surface area contributed by atoms with Crippen LogP contribution in [0.2, 0.25) is 0 Å². The summed E-state index contributed by atoms with van der Waals surface area (Å²) in [6.07, 6.45) is 1.45. The molecule has 0 aliphatic heterocycles. The Balaban J connectivity index is 2.54. The third-order valence-corrected chi connectivity index (χ3v) is 2.82. The first kappa shape index (κ1) is 13.8. The van der Waals surface area contributed by atoms with Crippen LogP contribution < -0.4 is 5.73 Å². The van der Waals surface area contributed by atoms with Crippen molar-refractivity contribution in [1.29, 1.82) is 15.8 Å². The predicted octanol–water partition coefficient (Wildman–Crippen LogP) is 2.40. The quantitative estimate of drug-likeness (QED) is 0.666. The molecule has 0 atom stereocenters. The predicted molar refractivity (Wildman–Crippen MR) is 77.8 cm³/mol. The fraction of sp³-hybridized carbons (Fsp3) is 0. The lowest BCUT2D eigenvalue weighted by Crippen LogP contribution is -2.03. The van der Waals surface area contributed by atoms with Crippen LogP contribution in [0.3, 0.4) is 0 Å². The molecule has 0 unspecified atom stereocenters. The van der Waals surface area contributed by atoms with Gasteiger partial charge in [0.2, 0.25) is 0 Å². The summed E-state index contributed by atoms with van der Waals surface area (Å²) in [4.78, 5) is 4.38. The third-order valence-electron chi connectivity index (χ3n) is 2.82. The molecule has 0 aliphatic carbocycles. The number of hydrogen-bond acceptors (Lipinski definition) is 5. The number of hydrogen-bond donors (Lipinski definition) is 1. The van der Waals surface area contributed by atoms with Crippen LogP contribution in [-0.4, -0.2) is 4.98 Å². The highest BCUT2D eigenvalue weighted by atomic mass is 14.7. The van der Waals surface area contributed by atoms with Gasteiger partial charge in [0.25, 0.3) is 0 Å². The molecule has 98 valence electrons.